The number of halogens is 2. The number of H-pyrrole nitrogens is 1. The Morgan fingerprint density at radius 2 is 0.796 bits per heavy atom. The van der Waals surface area contributed by atoms with E-state index in [1.807, 2.05) is 113 Å². The number of rotatable bonds is 23. The van der Waals surface area contributed by atoms with Gasteiger partial charge in [-0.15, -0.1) is 0 Å². The first-order valence-corrected chi connectivity index (χ1v) is 35.6. The molecular weight excluding hydrogens is 1310 g/mol. The average Bonchev–Trinajstić information content (AvgIpc) is 1.76. The number of nitro groups is 1. The molecule has 103 heavy (non-hydrogen) atoms. The predicted molar refractivity (Wildman–Crippen MR) is 393 cm³/mol. The molecule has 4 aliphatic rings. The van der Waals surface area contributed by atoms with E-state index < -0.39 is 16.6 Å². The average molecular weight is 1400 g/mol. The molecule has 19 nitrogen and oxygen atoms in total. The Balaban J connectivity index is 0.000000131. The quantitative estimate of drug-likeness (QED) is 0.0468. The second-order valence-electron chi connectivity index (χ2n) is 26.3. The molecule has 0 bridgehead atoms. The van der Waals surface area contributed by atoms with Gasteiger partial charge in [0.25, 0.3) is 5.69 Å². The fourth-order valence-corrected chi connectivity index (χ4v) is 13.4. The summed E-state index contributed by atoms with van der Waals surface area (Å²) in [6.07, 6.45) is 27.2. The highest BCUT2D eigenvalue weighted by Crippen LogP contribution is 2.40. The Bertz CT molecular complexity index is 4530. The number of aryl methyl sites for hydroxylation is 1. The zero-order chi connectivity index (χ0) is 71.4. The normalized spacial score (nSPS) is 14.6. The van der Waals surface area contributed by atoms with Crippen LogP contribution in [0.4, 0.5) is 14.5 Å². The summed E-state index contributed by atoms with van der Waals surface area (Å²) in [6, 6.07) is 50.5. The molecule has 0 amide bonds. The fraction of sp³-hybridized carbons (Fsp3) is 0.341. The largest absolute Gasteiger partial charge is 0.493 e. The fourth-order valence-electron chi connectivity index (χ4n) is 13.4. The summed E-state index contributed by atoms with van der Waals surface area (Å²) in [5, 5.41) is 31.7. The molecule has 0 unspecified atom stereocenters. The SMILES string of the molecule is COc1ccc(-c2cc[nH]n2)cc1OC1CCCC1.COc1ccc(-c2ccn(Cc3ccc([N+](=O)[O-])cc3)n2)cc1OC1CCCC1.COc1ccc(-c2ccn(Cc3cccc(F)c3F)n2)cc1OC1CCCC1.COc1ccc(-c2ccn(Cc3ccccc3C)n2)cc1OC1CCCC1. The molecule has 0 saturated heterocycles. The third-order valence-electron chi connectivity index (χ3n) is 19.1. The lowest BCUT2D eigenvalue weighted by Crippen LogP contribution is -2.11. The van der Waals surface area contributed by atoms with Crippen LogP contribution in [0, 0.1) is 28.7 Å². The van der Waals surface area contributed by atoms with Gasteiger partial charge >= 0.3 is 0 Å². The van der Waals surface area contributed by atoms with E-state index in [-0.39, 0.29) is 30.0 Å². The molecule has 0 atom stereocenters. The molecule has 21 heteroatoms. The van der Waals surface area contributed by atoms with Gasteiger partial charge in [0.1, 0.15) is 0 Å². The van der Waals surface area contributed by atoms with Crippen molar-refractivity contribution in [1.82, 2.24) is 39.5 Å². The first-order valence-electron chi connectivity index (χ1n) is 35.6. The van der Waals surface area contributed by atoms with Gasteiger partial charge in [-0.2, -0.15) is 20.4 Å². The number of hydrogen-bond acceptors (Lipinski definition) is 14. The van der Waals surface area contributed by atoms with Crippen LogP contribution in [0.25, 0.3) is 45.0 Å². The van der Waals surface area contributed by atoms with Gasteiger partial charge in [-0.25, -0.2) is 8.78 Å². The second-order valence-corrected chi connectivity index (χ2v) is 26.3. The zero-order valence-electron chi connectivity index (χ0n) is 59.1. The highest BCUT2D eigenvalue weighted by atomic mass is 19.2. The van der Waals surface area contributed by atoms with E-state index in [1.165, 1.54) is 80.7 Å². The summed E-state index contributed by atoms with van der Waals surface area (Å²) in [5.74, 6) is 4.38. The van der Waals surface area contributed by atoms with Crippen LogP contribution in [0.3, 0.4) is 0 Å². The minimum atomic E-state index is -0.853. The van der Waals surface area contributed by atoms with E-state index in [4.69, 9.17) is 43.0 Å². The lowest BCUT2D eigenvalue weighted by Gasteiger charge is -2.16. The summed E-state index contributed by atoms with van der Waals surface area (Å²) in [5.41, 5.74) is 11.2. The van der Waals surface area contributed by atoms with Gasteiger partial charge in [0.15, 0.2) is 57.6 Å². The molecule has 4 fully saturated rings. The summed E-state index contributed by atoms with van der Waals surface area (Å²) < 4.78 is 79.1. The topological polar surface area (TPSA) is 199 Å². The Kier molecular flexibility index (Phi) is 24.5. The van der Waals surface area contributed by atoms with E-state index >= 15 is 0 Å². The Labute approximate surface area is 599 Å². The number of aromatic nitrogens is 8. The van der Waals surface area contributed by atoms with E-state index in [0.29, 0.717) is 30.3 Å². The number of nitrogens with zero attached hydrogens (tertiary/aromatic N) is 8. The van der Waals surface area contributed by atoms with Crippen molar-refractivity contribution in [2.75, 3.05) is 28.4 Å². The van der Waals surface area contributed by atoms with Gasteiger partial charge < -0.3 is 37.9 Å². The van der Waals surface area contributed by atoms with Gasteiger partial charge in [0, 0.05) is 64.7 Å². The van der Waals surface area contributed by atoms with Crippen molar-refractivity contribution in [2.45, 2.75) is 154 Å². The smallest absolute Gasteiger partial charge is 0.269 e. The van der Waals surface area contributed by atoms with Crippen LogP contribution < -0.4 is 37.9 Å². The Hall–Kier alpha value is -11.0. The number of benzene rings is 7. The summed E-state index contributed by atoms with van der Waals surface area (Å²) >= 11 is 0. The van der Waals surface area contributed by atoms with Crippen molar-refractivity contribution in [1.29, 1.82) is 0 Å². The van der Waals surface area contributed by atoms with E-state index in [9.17, 15) is 18.9 Å². The molecule has 4 saturated carbocycles. The number of non-ortho nitro benzene ring substituents is 1. The molecule has 0 radical (unpaired) electrons. The monoisotopic (exact) mass is 1400 g/mol. The lowest BCUT2D eigenvalue weighted by molar-refractivity contribution is -0.384. The number of nitrogens with one attached hydrogen (secondary N) is 1. The predicted octanol–water partition coefficient (Wildman–Crippen LogP) is 18.7. The molecule has 4 heterocycles. The number of hydrogen-bond donors (Lipinski definition) is 1. The lowest BCUT2D eigenvalue weighted by atomic mass is 10.1. The third kappa shape index (κ3) is 19.2. The molecule has 11 aromatic rings. The van der Waals surface area contributed by atoms with E-state index in [1.54, 1.807) is 57.5 Å². The van der Waals surface area contributed by atoms with Crippen LogP contribution in [0.15, 0.2) is 189 Å². The number of nitro benzene ring substituents is 1. The summed E-state index contributed by atoms with van der Waals surface area (Å²) in [6.45, 7) is 3.61. The maximum atomic E-state index is 13.9. The summed E-state index contributed by atoms with van der Waals surface area (Å²) in [4.78, 5) is 10.4. The minimum absolute atomic E-state index is 0.0860. The van der Waals surface area contributed by atoms with Crippen molar-refractivity contribution in [3.05, 3.63) is 233 Å². The molecule has 0 aliphatic heterocycles. The molecule has 15 rings (SSSR count). The minimum Gasteiger partial charge on any atom is -0.493 e. The van der Waals surface area contributed by atoms with Crippen LogP contribution >= 0.6 is 0 Å². The highest BCUT2D eigenvalue weighted by molar-refractivity contribution is 5.67. The number of aromatic amines is 1. The Morgan fingerprint density at radius 1 is 0.427 bits per heavy atom. The van der Waals surface area contributed by atoms with Crippen molar-refractivity contribution < 1.29 is 51.6 Å². The molecule has 4 aliphatic carbocycles. The first-order chi connectivity index (χ1) is 50.3. The Morgan fingerprint density at radius 3 is 1.17 bits per heavy atom. The van der Waals surface area contributed by atoms with Crippen molar-refractivity contribution in [3.63, 3.8) is 0 Å². The van der Waals surface area contributed by atoms with Crippen LogP contribution in [0.2, 0.25) is 0 Å². The van der Waals surface area contributed by atoms with Crippen LogP contribution in [-0.4, -0.2) is 97.3 Å². The van der Waals surface area contributed by atoms with Gasteiger partial charge in [-0.3, -0.25) is 29.3 Å². The second kappa shape index (κ2) is 35.1. The number of ether oxygens (including phenoxy) is 8. The number of methoxy groups -OCH3 is 4. The van der Waals surface area contributed by atoms with Crippen molar-refractivity contribution >= 4 is 5.69 Å². The third-order valence-corrected chi connectivity index (χ3v) is 19.1. The highest BCUT2D eigenvalue weighted by Gasteiger charge is 2.24. The van der Waals surface area contributed by atoms with Gasteiger partial charge in [0.05, 0.1) is 100 Å². The van der Waals surface area contributed by atoms with Crippen LogP contribution in [0.1, 0.15) is 125 Å². The van der Waals surface area contributed by atoms with Crippen molar-refractivity contribution in [3.8, 4) is 91.0 Å². The molecule has 0 spiro atoms. The van der Waals surface area contributed by atoms with Gasteiger partial charge in [-0.1, -0.05) is 48.5 Å². The molecular formula is C82H89F2N9O10. The van der Waals surface area contributed by atoms with Crippen molar-refractivity contribution in [2.24, 2.45) is 0 Å². The van der Waals surface area contributed by atoms with Crippen LogP contribution in [0.5, 0.6) is 46.0 Å². The standard InChI is InChI=1S/C23H26N2O2.C22H22F2N2O2.C22H23N3O4.C15H18N2O2/c1-17-7-3-4-8-19(17)16-25-14-13-21(24-25)18-11-12-22(26-2)23(15-18)27-20-9-5-6-10-20;1-27-20-10-9-15(13-21(20)28-17-6-2-3-7-17)19-11-12-26(25-19)14-16-5-4-8-18(23)22(16)24;1-28-21-11-8-17(14-22(21)29-19-4-2-3-5-19)20-12-13-24(23-20)15-16-6-9-18(10-7-16)25(26)27;1-18-14-7-6-11(13-8-9-16-17-13)10-15(14)19-12-4-2-3-5-12/h3-4,7-8,11-15,20H,5-6,9-10,16H2,1-2H3;4-5,8-13,17H,2-3,6-7,14H2,1H3;6-14,19H,2-5,15H2,1H3;6-10,12H,2-5H2,1H3,(H,16,17). The molecule has 4 aromatic heterocycles. The van der Waals surface area contributed by atoms with Crippen LogP contribution in [-0.2, 0) is 19.6 Å². The zero-order valence-corrected chi connectivity index (χ0v) is 59.1. The van der Waals surface area contributed by atoms with Gasteiger partial charge in [-0.05, 0) is 229 Å². The molecule has 7 aromatic carbocycles. The maximum absolute atomic E-state index is 13.9. The summed E-state index contributed by atoms with van der Waals surface area (Å²) in [7, 11) is 6.63. The maximum Gasteiger partial charge on any atom is 0.269 e. The van der Waals surface area contributed by atoms with Gasteiger partial charge in [0.2, 0.25) is 0 Å². The first kappa shape index (κ1) is 71.9. The van der Waals surface area contributed by atoms with E-state index in [0.717, 1.165) is 149 Å². The molecule has 1 N–H and O–H groups in total. The molecule has 536 valence electrons. The van der Waals surface area contributed by atoms with E-state index in [2.05, 4.69) is 63.7 Å².